The van der Waals surface area contributed by atoms with Gasteiger partial charge in [-0.1, -0.05) is 0 Å². The number of nitrogens with one attached hydrogen (secondary N) is 1. The van der Waals surface area contributed by atoms with Gasteiger partial charge in [0.05, 0.1) is 24.1 Å². The monoisotopic (exact) mass is 248 g/mol. The second-order valence-corrected chi connectivity index (χ2v) is 4.76. The van der Waals surface area contributed by atoms with Gasteiger partial charge < -0.3 is 5.11 Å². The van der Waals surface area contributed by atoms with Crippen LogP contribution in [0.4, 0.5) is 0 Å². The van der Waals surface area contributed by atoms with Gasteiger partial charge in [0, 0.05) is 12.0 Å². The number of hydrogen-bond donors (Lipinski definition) is 2. The number of nitroso groups, excluding NO2 is 1. The van der Waals surface area contributed by atoms with E-state index in [9.17, 15) is 9.70 Å². The van der Waals surface area contributed by atoms with Crippen LogP contribution in [-0.4, -0.2) is 40.3 Å². The Kier molecular flexibility index (Phi) is 6.48. The van der Waals surface area contributed by atoms with Gasteiger partial charge in [-0.15, -0.1) is 5.01 Å². The topological polar surface area (TPSA) is 81.9 Å². The van der Waals surface area contributed by atoms with Gasteiger partial charge in [-0.25, -0.2) is 4.84 Å². The smallest absolute Gasteiger partial charge is 0.303 e. The van der Waals surface area contributed by atoms with Crippen molar-refractivity contribution in [3.05, 3.63) is 4.91 Å². The molecule has 0 aliphatic heterocycles. The van der Waals surface area contributed by atoms with E-state index in [1.165, 1.54) is 5.01 Å². The first-order chi connectivity index (χ1) is 7.75. The maximum absolute atomic E-state index is 11.4. The molecule has 0 amide bonds. The van der Waals surface area contributed by atoms with Crippen molar-refractivity contribution in [1.29, 1.82) is 0 Å². The Bertz CT molecular complexity index is 263. The molecule has 7 nitrogen and oxygen atoms in total. The quantitative estimate of drug-likeness (QED) is 0.380. The fourth-order valence-electron chi connectivity index (χ4n) is 0.885. The van der Waals surface area contributed by atoms with Crippen LogP contribution in [0, 0.1) is 4.91 Å². The van der Waals surface area contributed by atoms with Crippen molar-refractivity contribution in [2.24, 2.45) is 0 Å². The number of hydrazine groups is 2. The molecule has 0 atom stereocenters. The summed E-state index contributed by atoms with van der Waals surface area (Å²) in [6.45, 7) is 5.98. The summed E-state index contributed by atoms with van der Waals surface area (Å²) in [6, 6.07) is 0. The third-order valence-corrected chi connectivity index (χ3v) is 2.27. The zero-order valence-corrected chi connectivity index (χ0v) is 10.9. The van der Waals surface area contributed by atoms with E-state index in [1.54, 1.807) is 7.05 Å². The number of carboxylic acids is 1. The summed E-state index contributed by atoms with van der Waals surface area (Å²) in [5, 5.41) is 9.85. The molecule has 0 heterocycles. The molecule has 17 heavy (non-hydrogen) atoms. The zero-order chi connectivity index (χ0) is 13.5. The second-order valence-electron chi connectivity index (χ2n) is 4.76. The van der Waals surface area contributed by atoms with E-state index < -0.39 is 5.97 Å². The van der Waals surface area contributed by atoms with Crippen LogP contribution in [0.15, 0.2) is 0 Å². The highest BCUT2D eigenvalue weighted by molar-refractivity contribution is 5.66. The van der Waals surface area contributed by atoms with E-state index in [1.807, 2.05) is 20.8 Å². The molecule has 100 valence electrons. The molecule has 0 radical (unpaired) electrons. The number of nitrogens with zero attached hydrogens (tertiary/aromatic N) is 2. The molecule has 0 aromatic carbocycles. The SMILES string of the molecule is CN([N+](=O)NOCCCCC(=O)O)C(C)(C)C. The first-order valence-electron chi connectivity index (χ1n) is 5.55. The minimum absolute atomic E-state index is 0.117. The highest BCUT2D eigenvalue weighted by Crippen LogP contribution is 2.08. The van der Waals surface area contributed by atoms with Gasteiger partial charge in [0.1, 0.15) is 0 Å². The number of carboxylic acid groups (broad SMARTS) is 1. The normalized spacial score (nSPS) is 11.1. The van der Waals surface area contributed by atoms with E-state index >= 15 is 0 Å². The average molecular weight is 248 g/mol. The molecule has 0 aromatic heterocycles. The van der Waals surface area contributed by atoms with Crippen molar-refractivity contribution in [1.82, 2.24) is 10.6 Å². The predicted molar refractivity (Wildman–Crippen MR) is 61.7 cm³/mol. The van der Waals surface area contributed by atoms with Gasteiger partial charge in [0.15, 0.2) is 0 Å². The summed E-state index contributed by atoms with van der Waals surface area (Å²) in [6.07, 6.45) is 1.24. The molecule has 7 heteroatoms. The van der Waals surface area contributed by atoms with Gasteiger partial charge in [0.25, 0.3) is 4.98 Å². The van der Waals surface area contributed by atoms with Crippen molar-refractivity contribution in [2.45, 2.75) is 45.6 Å². The molecular formula is C10H22N3O4+. The standard InChI is InChI=1S/C10H21N3O4/c1-10(2,3)12(4)13(16)11-17-8-6-5-7-9(14)15/h5-8H2,1-4H3,(H-,11,14,15,16)/p+1. The Morgan fingerprint density at radius 3 is 2.47 bits per heavy atom. The lowest BCUT2D eigenvalue weighted by molar-refractivity contribution is -0.795. The van der Waals surface area contributed by atoms with Crippen LogP contribution in [0.1, 0.15) is 40.0 Å². The second kappa shape index (κ2) is 7.05. The van der Waals surface area contributed by atoms with Gasteiger partial charge in [-0.3, -0.25) is 4.79 Å². The lowest BCUT2D eigenvalue weighted by Gasteiger charge is -2.22. The van der Waals surface area contributed by atoms with Crippen molar-refractivity contribution < 1.29 is 19.7 Å². The molecule has 0 spiro atoms. The first-order valence-corrected chi connectivity index (χ1v) is 5.55. The van der Waals surface area contributed by atoms with E-state index in [4.69, 9.17) is 9.94 Å². The Morgan fingerprint density at radius 1 is 1.41 bits per heavy atom. The van der Waals surface area contributed by atoms with E-state index in [2.05, 4.69) is 5.59 Å². The maximum Gasteiger partial charge on any atom is 0.303 e. The van der Waals surface area contributed by atoms with Crippen LogP contribution < -0.4 is 5.59 Å². The highest BCUT2D eigenvalue weighted by atomic mass is 16.7. The molecular weight excluding hydrogens is 226 g/mol. The van der Waals surface area contributed by atoms with E-state index in [-0.39, 0.29) is 12.0 Å². The third-order valence-electron chi connectivity index (χ3n) is 2.27. The number of aliphatic carboxylic acids is 1. The zero-order valence-electron chi connectivity index (χ0n) is 10.9. The van der Waals surface area contributed by atoms with Crippen LogP contribution in [0.25, 0.3) is 0 Å². The van der Waals surface area contributed by atoms with Crippen molar-refractivity contribution in [3.8, 4) is 0 Å². The van der Waals surface area contributed by atoms with E-state index in [0.717, 1.165) is 0 Å². The molecule has 0 bridgehead atoms. The Hall–Kier alpha value is -1.37. The van der Waals surface area contributed by atoms with Crippen LogP contribution in [-0.2, 0) is 9.63 Å². The lowest BCUT2D eigenvalue weighted by Crippen LogP contribution is -2.49. The van der Waals surface area contributed by atoms with Crippen molar-refractivity contribution >= 4 is 5.97 Å². The predicted octanol–water partition coefficient (Wildman–Crippen LogP) is 1.10. The summed E-state index contributed by atoms with van der Waals surface area (Å²) in [5.74, 6) is -0.823. The van der Waals surface area contributed by atoms with Crippen LogP contribution >= 0.6 is 0 Å². The Labute approximate surface area is 101 Å². The Morgan fingerprint density at radius 2 is 2.00 bits per heavy atom. The van der Waals surface area contributed by atoms with Crippen LogP contribution in [0.2, 0.25) is 0 Å². The molecule has 0 fully saturated rings. The minimum Gasteiger partial charge on any atom is -0.481 e. The van der Waals surface area contributed by atoms with Gasteiger partial charge in [-0.05, 0) is 33.6 Å². The number of hydrogen-bond acceptors (Lipinski definition) is 3. The summed E-state index contributed by atoms with van der Waals surface area (Å²) in [5.41, 5.74) is 1.93. The molecule has 0 aromatic rings. The molecule has 0 unspecified atom stereocenters. The number of carbonyl (C=O) groups is 1. The first kappa shape index (κ1) is 15.6. The lowest BCUT2D eigenvalue weighted by atomic mass is 10.1. The molecule has 0 saturated heterocycles. The fourth-order valence-corrected chi connectivity index (χ4v) is 0.885. The van der Waals surface area contributed by atoms with Gasteiger partial charge in [-0.2, -0.15) is 0 Å². The maximum atomic E-state index is 11.4. The van der Waals surface area contributed by atoms with Crippen molar-refractivity contribution in [2.75, 3.05) is 13.7 Å². The fraction of sp³-hybridized carbons (Fsp3) is 0.900. The minimum atomic E-state index is -0.823. The molecule has 0 aliphatic carbocycles. The summed E-state index contributed by atoms with van der Waals surface area (Å²) in [4.78, 5) is 27.1. The number of unbranched alkanes of at least 4 members (excludes halogenated alkanes) is 1. The summed E-state index contributed by atoms with van der Waals surface area (Å²) in [7, 11) is 1.65. The largest absolute Gasteiger partial charge is 0.481 e. The highest BCUT2D eigenvalue weighted by Gasteiger charge is 2.29. The van der Waals surface area contributed by atoms with E-state index in [0.29, 0.717) is 24.4 Å². The van der Waals surface area contributed by atoms with Gasteiger partial charge in [0.2, 0.25) is 0 Å². The third kappa shape index (κ3) is 7.51. The molecule has 0 aliphatic rings. The Balaban J connectivity index is 3.62. The van der Waals surface area contributed by atoms with Crippen LogP contribution in [0.5, 0.6) is 0 Å². The molecule has 0 rings (SSSR count). The number of rotatable bonds is 8. The van der Waals surface area contributed by atoms with Crippen LogP contribution in [0.3, 0.4) is 0 Å². The molecule has 2 N–H and O–H groups in total. The van der Waals surface area contributed by atoms with Crippen molar-refractivity contribution in [3.63, 3.8) is 0 Å². The summed E-state index contributed by atoms with van der Waals surface area (Å²) >= 11 is 0. The molecule has 0 saturated carbocycles. The average Bonchev–Trinajstić information content (AvgIpc) is 2.19. The summed E-state index contributed by atoms with van der Waals surface area (Å²) < 4.78 is 0. The van der Waals surface area contributed by atoms with Gasteiger partial charge >= 0.3 is 5.97 Å².